The molecule has 0 spiro atoms. The lowest BCUT2D eigenvalue weighted by atomic mass is 10.2. The number of nitrogens with zero attached hydrogens (tertiary/aromatic N) is 3. The number of amides is 2. The maximum absolute atomic E-state index is 13.0. The molecule has 12 nitrogen and oxygen atoms in total. The summed E-state index contributed by atoms with van der Waals surface area (Å²) in [5, 5.41) is 11.5. The van der Waals surface area contributed by atoms with Crippen LogP contribution in [0, 0.1) is 15.9 Å². The summed E-state index contributed by atoms with van der Waals surface area (Å²) < 4.78 is 18.0. The fourth-order valence-corrected chi connectivity index (χ4v) is 2.45. The second kappa shape index (κ2) is 9.80. The van der Waals surface area contributed by atoms with Crippen LogP contribution in [0.15, 0.2) is 54.9 Å². The highest BCUT2D eigenvalue weighted by molar-refractivity contribution is 5.96. The number of nitrogens with one attached hydrogen (secondary N) is 4. The van der Waals surface area contributed by atoms with Gasteiger partial charge in [0, 0.05) is 11.1 Å². The molecular formula is C19H16FN7O5. The Kier molecular flexibility index (Phi) is 6.70. The van der Waals surface area contributed by atoms with Crippen LogP contribution in [0.5, 0.6) is 5.75 Å². The summed E-state index contributed by atoms with van der Waals surface area (Å²) in [6.45, 7) is 0. The van der Waals surface area contributed by atoms with E-state index in [0.29, 0.717) is 5.75 Å². The van der Waals surface area contributed by atoms with Gasteiger partial charge in [0.25, 0.3) is 11.8 Å². The topological polar surface area (TPSA) is 160 Å². The van der Waals surface area contributed by atoms with Gasteiger partial charge in [0.1, 0.15) is 17.9 Å². The summed E-state index contributed by atoms with van der Waals surface area (Å²) in [5.74, 6) is -1.90. The van der Waals surface area contributed by atoms with Gasteiger partial charge in [0.05, 0.1) is 12.0 Å². The minimum atomic E-state index is -0.797. The first-order chi connectivity index (χ1) is 15.4. The number of halogens is 1. The number of carbonyl (C=O) groups is 2. The van der Waals surface area contributed by atoms with Gasteiger partial charge in [-0.05, 0) is 48.5 Å². The number of hydrogen-bond donors (Lipinski definition) is 4. The van der Waals surface area contributed by atoms with Crippen molar-refractivity contribution in [3.63, 3.8) is 0 Å². The molecule has 4 N–H and O–H groups in total. The van der Waals surface area contributed by atoms with Crippen LogP contribution in [0.3, 0.4) is 0 Å². The van der Waals surface area contributed by atoms with E-state index in [1.807, 2.05) is 0 Å². The molecule has 0 aliphatic rings. The summed E-state index contributed by atoms with van der Waals surface area (Å²) in [7, 11) is 1.48. The van der Waals surface area contributed by atoms with Crippen molar-refractivity contribution in [3.05, 3.63) is 81.9 Å². The number of hydrazine groups is 2. The van der Waals surface area contributed by atoms with Crippen molar-refractivity contribution in [3.8, 4) is 5.75 Å². The zero-order chi connectivity index (χ0) is 23.1. The number of anilines is 2. The molecular weight excluding hydrogens is 425 g/mol. The molecule has 3 aromatic rings. The van der Waals surface area contributed by atoms with E-state index in [2.05, 4.69) is 31.7 Å². The monoisotopic (exact) mass is 441 g/mol. The van der Waals surface area contributed by atoms with Gasteiger partial charge in [-0.15, -0.1) is 0 Å². The largest absolute Gasteiger partial charge is 0.497 e. The summed E-state index contributed by atoms with van der Waals surface area (Å²) in [4.78, 5) is 42.6. The summed E-state index contributed by atoms with van der Waals surface area (Å²) >= 11 is 0. The molecule has 0 radical (unpaired) electrons. The fraction of sp³-hybridized carbons (Fsp3) is 0.0526. The smallest absolute Gasteiger partial charge is 0.356 e. The molecule has 0 fully saturated rings. The maximum Gasteiger partial charge on any atom is 0.356 e. The molecule has 0 saturated heterocycles. The second-order valence-electron chi connectivity index (χ2n) is 6.07. The third kappa shape index (κ3) is 5.21. The Labute approximate surface area is 179 Å². The first-order valence-corrected chi connectivity index (χ1v) is 8.90. The lowest BCUT2D eigenvalue weighted by Gasteiger charge is -2.11. The molecule has 0 aliphatic carbocycles. The zero-order valence-electron chi connectivity index (χ0n) is 16.5. The second-order valence-corrected chi connectivity index (χ2v) is 6.07. The van der Waals surface area contributed by atoms with E-state index in [4.69, 9.17) is 4.74 Å². The number of rotatable bonds is 8. The third-order valence-corrected chi connectivity index (χ3v) is 4.05. The highest BCUT2D eigenvalue weighted by Gasteiger charge is 2.24. The highest BCUT2D eigenvalue weighted by atomic mass is 19.1. The zero-order valence-corrected chi connectivity index (χ0v) is 16.5. The van der Waals surface area contributed by atoms with Crippen LogP contribution in [0.4, 0.5) is 21.7 Å². The Bertz CT molecular complexity index is 1140. The Balaban J connectivity index is 1.71. The first-order valence-electron chi connectivity index (χ1n) is 8.90. The van der Waals surface area contributed by atoms with Crippen molar-refractivity contribution in [1.29, 1.82) is 0 Å². The van der Waals surface area contributed by atoms with E-state index in [9.17, 15) is 24.1 Å². The van der Waals surface area contributed by atoms with E-state index in [-0.39, 0.29) is 22.8 Å². The van der Waals surface area contributed by atoms with E-state index in [0.717, 1.165) is 18.5 Å². The van der Waals surface area contributed by atoms with Gasteiger partial charge in [-0.1, -0.05) is 0 Å². The quantitative estimate of drug-likeness (QED) is 0.303. The first kappa shape index (κ1) is 21.9. The van der Waals surface area contributed by atoms with E-state index >= 15 is 0 Å². The van der Waals surface area contributed by atoms with Crippen molar-refractivity contribution < 1.29 is 23.6 Å². The average molecular weight is 441 g/mol. The van der Waals surface area contributed by atoms with E-state index in [1.54, 1.807) is 12.1 Å². The number of hydrogen-bond acceptors (Lipinski definition) is 9. The molecule has 32 heavy (non-hydrogen) atoms. The van der Waals surface area contributed by atoms with Gasteiger partial charge in [0.2, 0.25) is 11.6 Å². The Hall–Kier alpha value is -4.81. The number of benzene rings is 2. The van der Waals surface area contributed by atoms with E-state index < -0.39 is 28.2 Å². The average Bonchev–Trinajstić information content (AvgIpc) is 2.81. The molecule has 0 atom stereocenters. The summed E-state index contributed by atoms with van der Waals surface area (Å²) in [6.07, 6.45) is 0.987. The summed E-state index contributed by atoms with van der Waals surface area (Å²) in [6, 6.07) is 10.8. The van der Waals surface area contributed by atoms with Gasteiger partial charge < -0.3 is 4.74 Å². The van der Waals surface area contributed by atoms with Gasteiger partial charge in [-0.3, -0.25) is 41.4 Å². The fourth-order valence-electron chi connectivity index (χ4n) is 2.45. The van der Waals surface area contributed by atoms with Crippen LogP contribution in [0.25, 0.3) is 0 Å². The molecule has 0 aliphatic heterocycles. The van der Waals surface area contributed by atoms with Gasteiger partial charge in [0.15, 0.2) is 0 Å². The van der Waals surface area contributed by atoms with Gasteiger partial charge in [-0.25, -0.2) is 14.4 Å². The van der Waals surface area contributed by atoms with Crippen molar-refractivity contribution in [2.24, 2.45) is 0 Å². The molecule has 164 valence electrons. The van der Waals surface area contributed by atoms with Crippen LogP contribution in [0.1, 0.15) is 20.7 Å². The Morgan fingerprint density at radius 2 is 1.38 bits per heavy atom. The number of nitro groups is 1. The number of aromatic nitrogens is 2. The van der Waals surface area contributed by atoms with Crippen molar-refractivity contribution in [2.75, 3.05) is 18.0 Å². The standard InChI is InChI=1S/C19H16FN7O5/c1-32-14-8-4-12(5-9-14)19(29)26-24-17-15(27(30)31)16(21-10-22-17)23-25-18(28)11-2-6-13(20)7-3-11/h2-10H,1H3,(H,25,28)(H,26,29)(H2,21,22,23,24). The third-order valence-electron chi connectivity index (χ3n) is 4.05. The highest BCUT2D eigenvalue weighted by Crippen LogP contribution is 2.27. The van der Waals surface area contributed by atoms with Crippen LogP contribution in [-0.4, -0.2) is 33.8 Å². The molecule has 2 amide bonds. The van der Waals surface area contributed by atoms with Crippen LogP contribution in [0.2, 0.25) is 0 Å². The van der Waals surface area contributed by atoms with Crippen molar-refractivity contribution >= 4 is 29.1 Å². The van der Waals surface area contributed by atoms with E-state index in [1.165, 1.54) is 31.4 Å². The maximum atomic E-state index is 13.0. The number of carbonyl (C=O) groups excluding carboxylic acids is 2. The van der Waals surface area contributed by atoms with Crippen LogP contribution in [-0.2, 0) is 0 Å². The predicted octanol–water partition coefficient (Wildman–Crippen LogP) is 2.05. The molecule has 0 saturated carbocycles. The Morgan fingerprint density at radius 1 is 0.906 bits per heavy atom. The summed E-state index contributed by atoms with van der Waals surface area (Å²) in [5.41, 5.74) is 8.96. The predicted molar refractivity (Wildman–Crippen MR) is 110 cm³/mol. The Morgan fingerprint density at radius 3 is 1.81 bits per heavy atom. The lowest BCUT2D eigenvalue weighted by Crippen LogP contribution is -2.32. The molecule has 3 rings (SSSR count). The number of ether oxygens (including phenoxy) is 1. The van der Waals surface area contributed by atoms with Crippen molar-refractivity contribution in [2.45, 2.75) is 0 Å². The van der Waals surface area contributed by atoms with Crippen LogP contribution < -0.4 is 26.4 Å². The SMILES string of the molecule is COc1ccc(C(=O)NNc2ncnc(NNC(=O)c3ccc(F)cc3)c2[N+](=O)[O-])cc1. The molecule has 1 heterocycles. The molecule has 0 bridgehead atoms. The van der Waals surface area contributed by atoms with Crippen LogP contribution >= 0.6 is 0 Å². The van der Waals surface area contributed by atoms with Gasteiger partial charge in [-0.2, -0.15) is 0 Å². The molecule has 2 aromatic carbocycles. The molecule has 13 heteroatoms. The lowest BCUT2D eigenvalue weighted by molar-refractivity contribution is -0.383. The molecule has 1 aromatic heterocycles. The molecule has 0 unspecified atom stereocenters. The van der Waals surface area contributed by atoms with Gasteiger partial charge >= 0.3 is 5.69 Å². The minimum absolute atomic E-state index is 0.112. The normalized spacial score (nSPS) is 10.1. The van der Waals surface area contributed by atoms with Crippen molar-refractivity contribution in [1.82, 2.24) is 20.8 Å². The number of methoxy groups -OCH3 is 1. The minimum Gasteiger partial charge on any atom is -0.497 e.